The van der Waals surface area contributed by atoms with Gasteiger partial charge in [0.1, 0.15) is 11.5 Å². The second-order valence-electron chi connectivity index (χ2n) is 5.78. The van der Waals surface area contributed by atoms with Crippen LogP contribution in [0.3, 0.4) is 0 Å². The van der Waals surface area contributed by atoms with Crippen LogP contribution in [0.15, 0.2) is 83.7 Å². The van der Waals surface area contributed by atoms with Crippen LogP contribution in [0.2, 0.25) is 0 Å². The van der Waals surface area contributed by atoms with Gasteiger partial charge < -0.3 is 4.74 Å². The first kappa shape index (κ1) is 15.1. The predicted octanol–water partition coefficient (Wildman–Crippen LogP) is 4.31. The molecule has 4 heteroatoms. The van der Waals surface area contributed by atoms with Gasteiger partial charge in [0.25, 0.3) is 5.56 Å². The van der Waals surface area contributed by atoms with Gasteiger partial charge in [-0.25, -0.2) is 5.10 Å². The average molecular weight is 328 g/mol. The number of aromatic nitrogens is 2. The first-order chi connectivity index (χ1) is 12.3. The summed E-state index contributed by atoms with van der Waals surface area (Å²) in [6, 6.07) is 25.1. The van der Waals surface area contributed by atoms with Gasteiger partial charge >= 0.3 is 0 Å². The van der Waals surface area contributed by atoms with Gasteiger partial charge in [0.15, 0.2) is 0 Å². The number of nitrogens with zero attached hydrogens (tertiary/aromatic N) is 1. The molecule has 4 nitrogen and oxygen atoms in total. The molecule has 0 radical (unpaired) electrons. The van der Waals surface area contributed by atoms with Crippen molar-refractivity contribution in [3.05, 3.63) is 100 Å². The second-order valence-corrected chi connectivity index (χ2v) is 5.78. The highest BCUT2D eigenvalue weighted by molar-refractivity contribution is 5.83. The van der Waals surface area contributed by atoms with E-state index in [9.17, 15) is 4.79 Å². The molecule has 0 aliphatic rings. The molecule has 1 N–H and O–H groups in total. The summed E-state index contributed by atoms with van der Waals surface area (Å²) in [7, 11) is 0. The zero-order valence-corrected chi connectivity index (χ0v) is 13.5. The maximum absolute atomic E-state index is 11.9. The van der Waals surface area contributed by atoms with E-state index in [0.29, 0.717) is 11.8 Å². The van der Waals surface area contributed by atoms with E-state index in [1.165, 1.54) is 0 Å². The molecule has 0 amide bonds. The van der Waals surface area contributed by atoms with E-state index in [-0.39, 0.29) is 5.56 Å². The standard InChI is InChI=1S/C21H16N2O2/c24-21-19-12-5-4-11-18(19)20(22-23-21)14-15-7-6-10-17(13-15)25-16-8-2-1-3-9-16/h1-13H,14H2,(H,23,24). The Labute approximate surface area is 144 Å². The molecule has 25 heavy (non-hydrogen) atoms. The van der Waals surface area contributed by atoms with Gasteiger partial charge in [-0.15, -0.1) is 0 Å². The minimum Gasteiger partial charge on any atom is -0.457 e. The summed E-state index contributed by atoms with van der Waals surface area (Å²) >= 11 is 0. The monoisotopic (exact) mass is 328 g/mol. The average Bonchev–Trinajstić information content (AvgIpc) is 2.65. The van der Waals surface area contributed by atoms with Crippen LogP contribution in [-0.2, 0) is 6.42 Å². The molecule has 0 spiro atoms. The van der Waals surface area contributed by atoms with Crippen LogP contribution in [0.4, 0.5) is 0 Å². The lowest BCUT2D eigenvalue weighted by atomic mass is 10.0. The fraction of sp³-hybridized carbons (Fsp3) is 0.0476. The fourth-order valence-electron chi connectivity index (χ4n) is 2.84. The van der Waals surface area contributed by atoms with E-state index < -0.39 is 0 Å². The smallest absolute Gasteiger partial charge is 0.272 e. The zero-order chi connectivity index (χ0) is 17.1. The summed E-state index contributed by atoms with van der Waals surface area (Å²) in [6.07, 6.45) is 0.614. The third kappa shape index (κ3) is 3.28. The lowest BCUT2D eigenvalue weighted by Crippen LogP contribution is -2.11. The first-order valence-electron chi connectivity index (χ1n) is 8.08. The van der Waals surface area contributed by atoms with Gasteiger partial charge in [-0.3, -0.25) is 4.79 Å². The highest BCUT2D eigenvalue weighted by atomic mass is 16.5. The van der Waals surface area contributed by atoms with E-state index in [1.54, 1.807) is 0 Å². The maximum Gasteiger partial charge on any atom is 0.272 e. The van der Waals surface area contributed by atoms with Gasteiger partial charge in [-0.2, -0.15) is 5.10 Å². The molecule has 0 saturated heterocycles. The minimum absolute atomic E-state index is 0.166. The molecule has 0 aliphatic heterocycles. The van der Waals surface area contributed by atoms with Gasteiger partial charge in [0.2, 0.25) is 0 Å². The molecule has 0 atom stereocenters. The van der Waals surface area contributed by atoms with Crippen molar-refractivity contribution >= 4 is 10.8 Å². The number of nitrogens with one attached hydrogen (secondary N) is 1. The molecule has 0 fully saturated rings. The van der Waals surface area contributed by atoms with E-state index in [2.05, 4.69) is 10.2 Å². The Hall–Kier alpha value is -3.40. The van der Waals surface area contributed by atoms with Crippen molar-refractivity contribution in [1.82, 2.24) is 10.2 Å². The molecule has 4 rings (SSSR count). The third-order valence-corrected chi connectivity index (χ3v) is 4.02. The molecule has 3 aromatic carbocycles. The quantitative estimate of drug-likeness (QED) is 0.607. The Morgan fingerprint density at radius 3 is 2.36 bits per heavy atom. The van der Waals surface area contributed by atoms with Crippen molar-refractivity contribution in [2.45, 2.75) is 6.42 Å². The number of aromatic amines is 1. The molecule has 0 aliphatic carbocycles. The van der Waals surface area contributed by atoms with Gasteiger partial charge in [-0.1, -0.05) is 48.5 Å². The first-order valence-corrected chi connectivity index (χ1v) is 8.08. The largest absolute Gasteiger partial charge is 0.457 e. The number of hydrogen-bond donors (Lipinski definition) is 1. The third-order valence-electron chi connectivity index (χ3n) is 4.02. The van der Waals surface area contributed by atoms with E-state index >= 15 is 0 Å². The highest BCUT2D eigenvalue weighted by Crippen LogP contribution is 2.23. The Morgan fingerprint density at radius 1 is 0.800 bits per heavy atom. The molecule has 0 unspecified atom stereocenters. The molecule has 122 valence electrons. The predicted molar refractivity (Wildman–Crippen MR) is 98.1 cm³/mol. The zero-order valence-electron chi connectivity index (χ0n) is 13.5. The topological polar surface area (TPSA) is 55.0 Å². The van der Waals surface area contributed by atoms with Crippen LogP contribution in [0.25, 0.3) is 10.8 Å². The Bertz CT molecular complexity index is 1070. The summed E-state index contributed by atoms with van der Waals surface area (Å²) in [5.74, 6) is 1.57. The molecule has 0 bridgehead atoms. The highest BCUT2D eigenvalue weighted by Gasteiger charge is 2.07. The van der Waals surface area contributed by atoms with Crippen LogP contribution >= 0.6 is 0 Å². The summed E-state index contributed by atoms with van der Waals surface area (Å²) < 4.78 is 5.89. The van der Waals surface area contributed by atoms with Crippen molar-refractivity contribution < 1.29 is 4.74 Å². The number of ether oxygens (including phenoxy) is 1. The van der Waals surface area contributed by atoms with Gasteiger partial charge in [0.05, 0.1) is 11.1 Å². The van der Waals surface area contributed by atoms with Crippen molar-refractivity contribution in [2.24, 2.45) is 0 Å². The van der Waals surface area contributed by atoms with Crippen LogP contribution in [0, 0.1) is 0 Å². The maximum atomic E-state index is 11.9. The van der Waals surface area contributed by atoms with Crippen molar-refractivity contribution in [3.8, 4) is 11.5 Å². The van der Waals surface area contributed by atoms with Crippen LogP contribution in [0.1, 0.15) is 11.3 Å². The van der Waals surface area contributed by atoms with Crippen molar-refractivity contribution in [1.29, 1.82) is 0 Å². The molecule has 1 aromatic heterocycles. The van der Waals surface area contributed by atoms with Crippen LogP contribution in [-0.4, -0.2) is 10.2 Å². The Kier molecular flexibility index (Phi) is 4.01. The lowest BCUT2D eigenvalue weighted by Gasteiger charge is -2.08. The number of hydrogen-bond acceptors (Lipinski definition) is 3. The summed E-state index contributed by atoms with van der Waals surface area (Å²) in [4.78, 5) is 11.9. The molecule has 1 heterocycles. The number of fused-ring (bicyclic) bond motifs is 1. The van der Waals surface area contributed by atoms with Crippen molar-refractivity contribution in [3.63, 3.8) is 0 Å². The molecule has 0 saturated carbocycles. The van der Waals surface area contributed by atoms with Crippen molar-refractivity contribution in [2.75, 3.05) is 0 Å². The molecular weight excluding hydrogens is 312 g/mol. The summed E-state index contributed by atoms with van der Waals surface area (Å²) in [6.45, 7) is 0. The minimum atomic E-state index is -0.166. The van der Waals surface area contributed by atoms with E-state index in [1.807, 2.05) is 78.9 Å². The molecule has 4 aromatic rings. The Balaban J connectivity index is 1.65. The van der Waals surface area contributed by atoms with E-state index in [4.69, 9.17) is 4.74 Å². The summed E-state index contributed by atoms with van der Waals surface area (Å²) in [5.41, 5.74) is 1.74. The van der Waals surface area contributed by atoms with Crippen LogP contribution in [0.5, 0.6) is 11.5 Å². The number of benzene rings is 3. The molecular formula is C21H16N2O2. The SMILES string of the molecule is O=c1[nH]nc(Cc2cccc(Oc3ccccc3)c2)c2ccccc12. The lowest BCUT2D eigenvalue weighted by molar-refractivity contribution is 0.482. The van der Waals surface area contributed by atoms with Crippen LogP contribution < -0.4 is 10.3 Å². The summed E-state index contributed by atoms with van der Waals surface area (Å²) in [5, 5.41) is 8.35. The number of rotatable bonds is 4. The number of H-pyrrole nitrogens is 1. The number of para-hydroxylation sites is 1. The Morgan fingerprint density at radius 2 is 1.52 bits per heavy atom. The fourth-order valence-corrected chi connectivity index (χ4v) is 2.84. The second kappa shape index (κ2) is 6.61. The normalized spacial score (nSPS) is 10.7. The van der Waals surface area contributed by atoms with Gasteiger partial charge in [-0.05, 0) is 35.9 Å². The van der Waals surface area contributed by atoms with E-state index in [0.717, 1.165) is 28.1 Å². The van der Waals surface area contributed by atoms with Gasteiger partial charge in [0, 0.05) is 11.8 Å².